The number of thioether (sulfide) groups is 1. The van der Waals surface area contributed by atoms with Gasteiger partial charge in [0.15, 0.2) is 0 Å². The van der Waals surface area contributed by atoms with E-state index in [2.05, 4.69) is 10.3 Å². The molecule has 0 radical (unpaired) electrons. The van der Waals surface area contributed by atoms with E-state index in [-0.39, 0.29) is 12.3 Å². The van der Waals surface area contributed by atoms with E-state index in [0.29, 0.717) is 33.5 Å². The first-order chi connectivity index (χ1) is 12.4. The number of pyridine rings is 2. The van der Waals surface area contributed by atoms with Crippen molar-refractivity contribution in [2.24, 2.45) is 0 Å². The fraction of sp³-hybridized carbons (Fsp3) is 0.250. The van der Waals surface area contributed by atoms with Crippen molar-refractivity contribution in [1.29, 1.82) is 0 Å². The van der Waals surface area contributed by atoms with E-state index in [4.69, 9.17) is 16.7 Å². The van der Waals surface area contributed by atoms with Crippen LogP contribution in [0.1, 0.15) is 27.2 Å². The Morgan fingerprint density at radius 2 is 2.12 bits per heavy atom. The van der Waals surface area contributed by atoms with Crippen molar-refractivity contribution in [1.82, 2.24) is 14.9 Å². The number of nitrogens with zero attached hydrogens (tertiary/aromatic N) is 2. The van der Waals surface area contributed by atoms with E-state index in [9.17, 15) is 19.5 Å². The first-order valence-electron chi connectivity index (χ1n) is 7.54. The van der Waals surface area contributed by atoms with Crippen LogP contribution in [-0.4, -0.2) is 38.2 Å². The fourth-order valence-electron chi connectivity index (χ4n) is 2.67. The Bertz CT molecular complexity index is 942. The van der Waals surface area contributed by atoms with E-state index in [1.54, 1.807) is 12.1 Å². The summed E-state index contributed by atoms with van der Waals surface area (Å²) in [4.78, 5) is 39.7. The van der Waals surface area contributed by atoms with Crippen LogP contribution in [0.4, 0.5) is 0 Å². The number of carboxylic acids is 1. The van der Waals surface area contributed by atoms with Gasteiger partial charge in [-0.15, -0.1) is 0 Å². The van der Waals surface area contributed by atoms with Gasteiger partial charge in [-0.2, -0.15) is 11.8 Å². The van der Waals surface area contributed by atoms with Crippen LogP contribution < -0.4 is 10.9 Å². The topological polar surface area (TPSA) is 122 Å². The van der Waals surface area contributed by atoms with Gasteiger partial charge >= 0.3 is 5.97 Å². The molecule has 3 heterocycles. The zero-order valence-electron chi connectivity index (χ0n) is 13.4. The molecule has 0 aliphatic carbocycles. The third-order valence-electron chi connectivity index (χ3n) is 3.90. The Labute approximate surface area is 156 Å². The van der Waals surface area contributed by atoms with Gasteiger partial charge in [0.25, 0.3) is 11.5 Å². The fourth-order valence-corrected chi connectivity index (χ4v) is 3.92. The molecule has 3 rings (SSSR count). The van der Waals surface area contributed by atoms with E-state index in [1.807, 2.05) is 0 Å². The van der Waals surface area contributed by atoms with Crippen molar-refractivity contribution in [3.05, 3.63) is 56.2 Å². The molecule has 0 bridgehead atoms. The number of amides is 1. The maximum absolute atomic E-state index is 12.8. The van der Waals surface area contributed by atoms with Crippen LogP contribution in [0.3, 0.4) is 0 Å². The predicted molar refractivity (Wildman–Crippen MR) is 95.7 cm³/mol. The van der Waals surface area contributed by atoms with Gasteiger partial charge in [-0.3, -0.25) is 14.4 Å². The number of rotatable bonds is 5. The molecule has 3 N–H and O–H groups in total. The highest BCUT2D eigenvalue weighted by atomic mass is 35.5. The third kappa shape index (κ3) is 3.54. The molecular weight excluding hydrogens is 382 g/mol. The quantitative estimate of drug-likeness (QED) is 0.650. The molecule has 0 aromatic carbocycles. The minimum atomic E-state index is -1.25. The van der Waals surface area contributed by atoms with E-state index >= 15 is 0 Å². The van der Waals surface area contributed by atoms with E-state index < -0.39 is 29.5 Å². The molecule has 0 spiro atoms. The molecule has 0 unspecified atom stereocenters. The first kappa shape index (κ1) is 18.3. The van der Waals surface area contributed by atoms with Crippen molar-refractivity contribution in [3.8, 4) is 5.75 Å². The predicted octanol–water partition coefficient (Wildman–Crippen LogP) is 1.21. The molecule has 0 atom stereocenters. The Morgan fingerprint density at radius 3 is 2.77 bits per heavy atom. The minimum Gasteiger partial charge on any atom is -0.507 e. The molecule has 26 heavy (non-hydrogen) atoms. The number of carbonyl (C=O) groups is 2. The molecule has 1 aliphatic heterocycles. The highest BCUT2D eigenvalue weighted by molar-refractivity contribution is 7.98. The number of aromatic hydroxyl groups is 1. The van der Waals surface area contributed by atoms with Crippen LogP contribution in [0.2, 0.25) is 5.15 Å². The molecule has 10 heteroatoms. The van der Waals surface area contributed by atoms with Crippen molar-refractivity contribution >= 4 is 35.2 Å². The molecule has 0 saturated heterocycles. The smallest absolute Gasteiger partial charge is 0.322 e. The molecule has 0 fully saturated rings. The zero-order chi connectivity index (χ0) is 18.8. The lowest BCUT2D eigenvalue weighted by atomic mass is 10.1. The number of carboxylic acid groups (broad SMARTS) is 1. The van der Waals surface area contributed by atoms with Crippen molar-refractivity contribution < 1.29 is 19.8 Å². The van der Waals surface area contributed by atoms with Crippen LogP contribution in [0.25, 0.3) is 0 Å². The minimum absolute atomic E-state index is 0.158. The molecule has 1 aliphatic rings. The van der Waals surface area contributed by atoms with Gasteiger partial charge in [0, 0.05) is 29.0 Å². The van der Waals surface area contributed by atoms with Gasteiger partial charge in [0.05, 0.1) is 6.54 Å². The second kappa shape index (κ2) is 7.38. The van der Waals surface area contributed by atoms with E-state index in [0.717, 1.165) is 0 Å². The average molecular weight is 396 g/mol. The Balaban J connectivity index is 2.06. The number of hydrogen-bond donors (Lipinski definition) is 3. The van der Waals surface area contributed by atoms with Gasteiger partial charge in [-0.1, -0.05) is 17.7 Å². The molecular formula is C16H14ClN3O5S. The first-order valence-corrected chi connectivity index (χ1v) is 9.07. The molecule has 2 aromatic heterocycles. The summed E-state index contributed by atoms with van der Waals surface area (Å²) in [6, 6.07) is 3.31. The van der Waals surface area contributed by atoms with Crippen LogP contribution in [0, 0.1) is 0 Å². The summed E-state index contributed by atoms with van der Waals surface area (Å²) in [5.41, 5.74) is 0.730. The van der Waals surface area contributed by atoms with E-state index in [1.165, 1.54) is 22.5 Å². The largest absolute Gasteiger partial charge is 0.507 e. The lowest BCUT2D eigenvalue weighted by molar-refractivity contribution is -0.135. The van der Waals surface area contributed by atoms with Crippen molar-refractivity contribution in [3.63, 3.8) is 0 Å². The SMILES string of the molecule is O=C(O)CNC(=O)c1c(O)c2c(n(Cc3ccc(Cl)nc3)c1=O)CSC2. The second-order valence-electron chi connectivity index (χ2n) is 5.60. The molecule has 0 saturated carbocycles. The van der Waals surface area contributed by atoms with Crippen molar-refractivity contribution in [2.45, 2.75) is 18.1 Å². The number of nitrogens with one attached hydrogen (secondary N) is 1. The van der Waals surface area contributed by atoms with Gasteiger partial charge in [0.2, 0.25) is 0 Å². The van der Waals surface area contributed by atoms with Gasteiger partial charge in [-0.05, 0) is 11.6 Å². The number of aromatic nitrogens is 2. The highest BCUT2D eigenvalue weighted by Crippen LogP contribution is 2.36. The monoisotopic (exact) mass is 395 g/mol. The maximum atomic E-state index is 12.8. The summed E-state index contributed by atoms with van der Waals surface area (Å²) in [5, 5.41) is 21.5. The number of hydrogen-bond acceptors (Lipinski definition) is 6. The summed E-state index contributed by atoms with van der Waals surface area (Å²) >= 11 is 7.28. The Morgan fingerprint density at radius 1 is 1.35 bits per heavy atom. The van der Waals surface area contributed by atoms with Crippen LogP contribution in [0.15, 0.2) is 23.1 Å². The van der Waals surface area contributed by atoms with Crippen molar-refractivity contribution in [2.75, 3.05) is 6.54 Å². The number of halogens is 1. The van der Waals surface area contributed by atoms with Crippen LogP contribution in [-0.2, 0) is 22.8 Å². The van der Waals surface area contributed by atoms with Gasteiger partial charge in [0.1, 0.15) is 23.0 Å². The Hall–Kier alpha value is -2.52. The molecule has 8 nitrogen and oxygen atoms in total. The standard InChI is InChI=1S/C16H14ClN3O5S/c17-11-2-1-8(3-18-11)5-20-10-7-26-6-9(10)14(23)13(16(20)25)15(24)19-4-12(21)22/h1-3,23H,4-7H2,(H,19,24)(H,21,22). The third-order valence-corrected chi connectivity index (χ3v) is 5.09. The molecule has 2 aromatic rings. The number of aliphatic carboxylic acids is 1. The summed E-state index contributed by atoms with van der Waals surface area (Å²) in [6.07, 6.45) is 1.53. The highest BCUT2D eigenvalue weighted by Gasteiger charge is 2.28. The Kier molecular flexibility index (Phi) is 5.19. The summed E-state index contributed by atoms with van der Waals surface area (Å²) in [6.45, 7) is -0.490. The molecule has 136 valence electrons. The van der Waals surface area contributed by atoms with Crippen LogP contribution in [0.5, 0.6) is 5.75 Å². The summed E-state index contributed by atoms with van der Waals surface area (Å²) in [5.74, 6) is -1.57. The zero-order valence-corrected chi connectivity index (χ0v) is 14.9. The summed E-state index contributed by atoms with van der Waals surface area (Å²) in [7, 11) is 0. The number of carbonyl (C=O) groups excluding carboxylic acids is 1. The average Bonchev–Trinajstić information content (AvgIpc) is 3.08. The molecule has 1 amide bonds. The summed E-state index contributed by atoms with van der Waals surface area (Å²) < 4.78 is 1.41. The van der Waals surface area contributed by atoms with Gasteiger partial charge < -0.3 is 20.1 Å². The lowest BCUT2D eigenvalue weighted by Crippen LogP contribution is -2.37. The number of fused-ring (bicyclic) bond motifs is 1. The lowest BCUT2D eigenvalue weighted by Gasteiger charge is -2.16. The normalized spacial score (nSPS) is 12.7. The van der Waals surface area contributed by atoms with Gasteiger partial charge in [-0.25, -0.2) is 4.98 Å². The second-order valence-corrected chi connectivity index (χ2v) is 6.97. The maximum Gasteiger partial charge on any atom is 0.322 e. The van der Waals surface area contributed by atoms with Crippen LogP contribution >= 0.6 is 23.4 Å².